The van der Waals surface area contributed by atoms with Gasteiger partial charge in [0.05, 0.1) is 11.3 Å². The van der Waals surface area contributed by atoms with E-state index in [1.54, 1.807) is 7.05 Å². The molecular formula is C23H30N4O6S. The molecule has 0 saturated carbocycles. The van der Waals surface area contributed by atoms with E-state index in [-0.39, 0.29) is 29.7 Å². The van der Waals surface area contributed by atoms with Gasteiger partial charge in [0, 0.05) is 52.5 Å². The number of rotatable bonds is 11. The lowest BCUT2D eigenvalue weighted by molar-refractivity contribution is -0.151. The number of ether oxygens (including phenoxy) is 1. The molecule has 184 valence electrons. The van der Waals surface area contributed by atoms with Crippen LogP contribution in [0.25, 0.3) is 0 Å². The molecule has 0 aliphatic rings. The average Bonchev–Trinajstić information content (AvgIpc) is 2.77. The highest BCUT2D eigenvalue weighted by Gasteiger charge is 2.16. The van der Waals surface area contributed by atoms with Crippen LogP contribution >= 0.6 is 0 Å². The first-order valence-corrected chi connectivity index (χ1v) is 12.0. The summed E-state index contributed by atoms with van der Waals surface area (Å²) in [6.07, 6.45) is -0.230. The van der Waals surface area contributed by atoms with E-state index in [9.17, 15) is 22.8 Å². The number of likely N-dealkylation sites (N-methyl/N-ethyl adjacent to an activating group) is 1. The molecule has 2 amide bonds. The van der Waals surface area contributed by atoms with Crippen LogP contribution in [0.4, 0.5) is 11.4 Å². The van der Waals surface area contributed by atoms with Crippen molar-refractivity contribution in [1.82, 2.24) is 9.62 Å². The summed E-state index contributed by atoms with van der Waals surface area (Å²) in [5.74, 6) is -1.33. The van der Waals surface area contributed by atoms with Gasteiger partial charge >= 0.3 is 5.97 Å². The molecule has 11 heteroatoms. The van der Waals surface area contributed by atoms with E-state index in [4.69, 9.17) is 4.74 Å². The molecule has 0 aromatic heterocycles. The SMILES string of the molecule is CC(=O)Nc1ccc(S(=O)(=O)NCCC(=O)OCC(=O)N(C)Cc2ccc(N(C)C)cc2)cc1. The van der Waals surface area contributed by atoms with Crippen molar-refractivity contribution in [3.8, 4) is 0 Å². The van der Waals surface area contributed by atoms with Crippen molar-refractivity contribution in [2.24, 2.45) is 0 Å². The van der Waals surface area contributed by atoms with E-state index in [1.807, 2.05) is 43.3 Å². The van der Waals surface area contributed by atoms with Crippen LogP contribution in [0, 0.1) is 0 Å². The third-order valence-corrected chi connectivity index (χ3v) is 6.24. The summed E-state index contributed by atoms with van der Waals surface area (Å²) in [5.41, 5.74) is 2.45. The fourth-order valence-electron chi connectivity index (χ4n) is 2.88. The predicted octanol–water partition coefficient (Wildman–Crippen LogP) is 1.58. The first kappa shape index (κ1) is 26.8. The summed E-state index contributed by atoms with van der Waals surface area (Å²) in [6, 6.07) is 13.3. The van der Waals surface area contributed by atoms with Gasteiger partial charge in [0.2, 0.25) is 15.9 Å². The fraction of sp³-hybridized carbons (Fsp3) is 0.348. The highest BCUT2D eigenvalue weighted by atomic mass is 32.2. The summed E-state index contributed by atoms with van der Waals surface area (Å²) in [6.45, 7) is 1.10. The number of hydrogen-bond donors (Lipinski definition) is 2. The standard InChI is InChI=1S/C23H30N4O6S/c1-17(28)25-19-7-11-21(12-8-19)34(31,32)24-14-13-23(30)33-16-22(29)27(4)15-18-5-9-20(10-6-18)26(2)3/h5-12,24H,13-16H2,1-4H3,(H,25,28). The maximum atomic E-state index is 12.3. The number of anilines is 2. The molecular weight excluding hydrogens is 460 g/mol. The molecule has 0 heterocycles. The lowest BCUT2D eigenvalue weighted by atomic mass is 10.2. The number of sulfonamides is 1. The Morgan fingerprint density at radius 3 is 2.12 bits per heavy atom. The van der Waals surface area contributed by atoms with Crippen LogP contribution in [0.2, 0.25) is 0 Å². The first-order valence-electron chi connectivity index (χ1n) is 10.5. The molecule has 0 spiro atoms. The van der Waals surface area contributed by atoms with Gasteiger partial charge in [0.25, 0.3) is 5.91 Å². The van der Waals surface area contributed by atoms with E-state index >= 15 is 0 Å². The third kappa shape index (κ3) is 8.49. The maximum Gasteiger partial charge on any atom is 0.307 e. The predicted molar refractivity (Wildman–Crippen MR) is 129 cm³/mol. The third-order valence-electron chi connectivity index (χ3n) is 4.76. The zero-order valence-electron chi connectivity index (χ0n) is 19.7. The lowest BCUT2D eigenvalue weighted by Gasteiger charge is -2.18. The summed E-state index contributed by atoms with van der Waals surface area (Å²) >= 11 is 0. The number of nitrogens with one attached hydrogen (secondary N) is 2. The minimum atomic E-state index is -3.84. The lowest BCUT2D eigenvalue weighted by Crippen LogP contribution is -2.31. The van der Waals surface area contributed by atoms with Crippen molar-refractivity contribution in [3.63, 3.8) is 0 Å². The van der Waals surface area contributed by atoms with Gasteiger partial charge in [-0.2, -0.15) is 0 Å². The fourth-order valence-corrected chi connectivity index (χ4v) is 3.91. The van der Waals surface area contributed by atoms with E-state index in [2.05, 4.69) is 10.0 Å². The van der Waals surface area contributed by atoms with Gasteiger partial charge in [-0.1, -0.05) is 12.1 Å². The van der Waals surface area contributed by atoms with Gasteiger partial charge in [-0.3, -0.25) is 14.4 Å². The molecule has 0 atom stereocenters. The van der Waals surface area contributed by atoms with Gasteiger partial charge in [0.1, 0.15) is 0 Å². The number of carbonyl (C=O) groups is 3. The van der Waals surface area contributed by atoms with Gasteiger partial charge in [-0.15, -0.1) is 0 Å². The number of esters is 1. The van der Waals surface area contributed by atoms with Crippen LogP contribution in [0.15, 0.2) is 53.4 Å². The molecule has 0 fully saturated rings. The molecule has 2 rings (SSSR count). The smallest absolute Gasteiger partial charge is 0.307 e. The van der Waals surface area contributed by atoms with Crippen molar-refractivity contribution < 1.29 is 27.5 Å². The van der Waals surface area contributed by atoms with E-state index in [1.165, 1.54) is 36.1 Å². The van der Waals surface area contributed by atoms with Crippen LogP contribution in [-0.2, 0) is 35.7 Å². The highest BCUT2D eigenvalue weighted by Crippen LogP contribution is 2.15. The Hall–Kier alpha value is -3.44. The summed E-state index contributed by atoms with van der Waals surface area (Å²) in [4.78, 5) is 38.6. The van der Waals surface area contributed by atoms with Crippen LogP contribution in [-0.4, -0.2) is 65.4 Å². The largest absolute Gasteiger partial charge is 0.456 e. The van der Waals surface area contributed by atoms with E-state index < -0.39 is 22.6 Å². The van der Waals surface area contributed by atoms with Crippen molar-refractivity contribution in [2.45, 2.75) is 24.8 Å². The number of carbonyl (C=O) groups excluding carboxylic acids is 3. The van der Waals surface area contributed by atoms with Gasteiger partial charge in [0.15, 0.2) is 6.61 Å². The quantitative estimate of drug-likeness (QED) is 0.458. The Morgan fingerprint density at radius 2 is 1.56 bits per heavy atom. The molecule has 34 heavy (non-hydrogen) atoms. The summed E-state index contributed by atoms with van der Waals surface area (Å²) in [5, 5.41) is 2.54. The normalized spacial score (nSPS) is 10.9. The molecule has 0 bridgehead atoms. The van der Waals surface area contributed by atoms with E-state index in [0.717, 1.165) is 11.3 Å². The van der Waals surface area contributed by atoms with E-state index in [0.29, 0.717) is 12.2 Å². The number of amides is 2. The van der Waals surface area contributed by atoms with Gasteiger partial charge in [-0.25, -0.2) is 13.1 Å². The molecule has 0 aliphatic heterocycles. The summed E-state index contributed by atoms with van der Waals surface area (Å²) < 4.78 is 31.9. The van der Waals surface area contributed by atoms with Gasteiger partial charge < -0.3 is 19.9 Å². The topological polar surface area (TPSA) is 125 Å². The highest BCUT2D eigenvalue weighted by molar-refractivity contribution is 7.89. The van der Waals surface area contributed by atoms with Crippen LogP contribution in [0.1, 0.15) is 18.9 Å². The minimum absolute atomic E-state index is 0.00890. The minimum Gasteiger partial charge on any atom is -0.456 e. The Morgan fingerprint density at radius 1 is 0.941 bits per heavy atom. The number of hydrogen-bond acceptors (Lipinski definition) is 7. The zero-order chi connectivity index (χ0) is 25.3. The monoisotopic (exact) mass is 490 g/mol. The van der Waals surface area contributed by atoms with Crippen molar-refractivity contribution >= 4 is 39.2 Å². The molecule has 2 aromatic carbocycles. The molecule has 10 nitrogen and oxygen atoms in total. The van der Waals surface area contributed by atoms with Gasteiger partial charge in [-0.05, 0) is 42.0 Å². The second kappa shape index (κ2) is 12.1. The molecule has 0 radical (unpaired) electrons. The first-order chi connectivity index (χ1) is 16.0. The Kier molecular flexibility index (Phi) is 9.58. The van der Waals surface area contributed by atoms with Crippen molar-refractivity contribution in [2.75, 3.05) is 44.5 Å². The molecule has 2 N–H and O–H groups in total. The second-order valence-electron chi connectivity index (χ2n) is 7.82. The Balaban J connectivity index is 1.74. The zero-order valence-corrected chi connectivity index (χ0v) is 20.5. The maximum absolute atomic E-state index is 12.3. The van der Waals surface area contributed by atoms with Crippen molar-refractivity contribution in [3.05, 3.63) is 54.1 Å². The van der Waals surface area contributed by atoms with Crippen LogP contribution in [0.3, 0.4) is 0 Å². The second-order valence-corrected chi connectivity index (χ2v) is 9.59. The number of nitrogens with zero attached hydrogens (tertiary/aromatic N) is 2. The summed E-state index contributed by atoms with van der Waals surface area (Å²) in [7, 11) is 1.66. The average molecular weight is 491 g/mol. The molecule has 0 saturated heterocycles. The number of benzene rings is 2. The molecule has 0 aliphatic carbocycles. The van der Waals surface area contributed by atoms with Crippen LogP contribution in [0.5, 0.6) is 0 Å². The molecule has 0 unspecified atom stereocenters. The Bertz CT molecular complexity index is 1100. The van der Waals surface area contributed by atoms with Crippen LogP contribution < -0.4 is 14.9 Å². The van der Waals surface area contributed by atoms with Crippen molar-refractivity contribution in [1.29, 1.82) is 0 Å². The Labute approximate surface area is 199 Å². The molecule has 2 aromatic rings.